The van der Waals surface area contributed by atoms with Gasteiger partial charge in [-0.05, 0) is 56.0 Å². The summed E-state index contributed by atoms with van der Waals surface area (Å²) < 4.78 is 13.6. The van der Waals surface area contributed by atoms with Crippen molar-refractivity contribution in [2.24, 2.45) is 16.5 Å². The molecule has 1 aliphatic heterocycles. The Labute approximate surface area is 190 Å². The molecule has 2 atom stereocenters. The summed E-state index contributed by atoms with van der Waals surface area (Å²) >= 11 is 1.39. The smallest absolute Gasteiger partial charge is 0.264 e. The zero-order valence-electron chi connectivity index (χ0n) is 17.7. The number of carbonyl (C=O) groups excluding carboxylic acids is 2. The topological polar surface area (TPSA) is 137 Å². The summed E-state index contributed by atoms with van der Waals surface area (Å²) in [5.74, 6) is -2.04. The lowest BCUT2D eigenvalue weighted by Gasteiger charge is -2.19. The SMILES string of the molecule is CC1(C(=O)N=C(N)c2cc(NC(=O)C(CCN)c3ccccc3F)ccc2N)CC=CS1. The Morgan fingerprint density at radius 2 is 2.03 bits per heavy atom. The van der Waals surface area contributed by atoms with Gasteiger partial charge in [0.1, 0.15) is 16.4 Å². The standard InChI is InChI=1S/C23H26FN5O2S/c1-23(10-4-12-32-23)22(31)29-20(27)17-13-14(7-8-19(17)26)28-21(30)16(9-11-25)15-5-2-3-6-18(15)24/h2-8,12-13,16H,9-11,25-26H2,1H3,(H,28,30)(H2,27,29,31). The largest absolute Gasteiger partial charge is 0.398 e. The predicted octanol–water partition coefficient (Wildman–Crippen LogP) is 3.12. The van der Waals surface area contributed by atoms with Crippen LogP contribution in [0.25, 0.3) is 0 Å². The Hall–Kier alpha value is -3.17. The van der Waals surface area contributed by atoms with Gasteiger partial charge >= 0.3 is 0 Å². The lowest BCUT2D eigenvalue weighted by Crippen LogP contribution is -2.30. The van der Waals surface area contributed by atoms with Gasteiger partial charge < -0.3 is 22.5 Å². The molecule has 0 saturated carbocycles. The molecule has 0 bridgehead atoms. The molecule has 3 rings (SSSR count). The monoisotopic (exact) mass is 455 g/mol. The number of rotatable bonds is 7. The molecular weight excluding hydrogens is 429 g/mol. The average molecular weight is 456 g/mol. The molecule has 0 aromatic heterocycles. The van der Waals surface area contributed by atoms with E-state index in [0.717, 1.165) is 0 Å². The van der Waals surface area contributed by atoms with Crippen LogP contribution in [0.15, 0.2) is 58.9 Å². The third-order valence-corrected chi connectivity index (χ3v) is 6.45. The molecule has 168 valence electrons. The first kappa shape index (κ1) is 23.5. The number of nitrogen functional groups attached to an aromatic ring is 1. The molecule has 0 fully saturated rings. The number of carbonyl (C=O) groups is 2. The number of hydrogen-bond acceptors (Lipinski definition) is 5. The lowest BCUT2D eigenvalue weighted by molar-refractivity contribution is -0.119. The van der Waals surface area contributed by atoms with Crippen LogP contribution in [0.1, 0.15) is 36.8 Å². The molecule has 2 aromatic rings. The highest BCUT2D eigenvalue weighted by Gasteiger charge is 2.35. The van der Waals surface area contributed by atoms with Crippen molar-refractivity contribution in [1.82, 2.24) is 0 Å². The molecule has 7 N–H and O–H groups in total. The molecule has 32 heavy (non-hydrogen) atoms. The van der Waals surface area contributed by atoms with Gasteiger partial charge in [-0.25, -0.2) is 4.39 Å². The summed E-state index contributed by atoms with van der Waals surface area (Å²) in [4.78, 5) is 29.6. The summed E-state index contributed by atoms with van der Waals surface area (Å²) in [5, 5.41) is 4.63. The first-order chi connectivity index (χ1) is 15.2. The highest BCUT2D eigenvalue weighted by atomic mass is 32.2. The summed E-state index contributed by atoms with van der Waals surface area (Å²) in [6.45, 7) is 2.02. The summed E-state index contributed by atoms with van der Waals surface area (Å²) in [6.07, 6.45) is 2.75. The number of halogens is 1. The average Bonchev–Trinajstić information content (AvgIpc) is 3.21. The maximum Gasteiger partial charge on any atom is 0.264 e. The minimum Gasteiger partial charge on any atom is -0.398 e. The number of amidine groups is 1. The molecule has 0 spiro atoms. The highest BCUT2D eigenvalue weighted by molar-refractivity contribution is 8.04. The molecule has 7 nitrogen and oxygen atoms in total. The summed E-state index contributed by atoms with van der Waals surface area (Å²) in [5.41, 5.74) is 19.1. The van der Waals surface area contributed by atoms with Gasteiger partial charge in [-0.15, -0.1) is 11.8 Å². The first-order valence-corrected chi connectivity index (χ1v) is 11.0. The van der Waals surface area contributed by atoms with Crippen LogP contribution in [-0.2, 0) is 9.59 Å². The molecule has 1 aliphatic rings. The highest BCUT2D eigenvalue weighted by Crippen LogP contribution is 2.37. The van der Waals surface area contributed by atoms with E-state index < -0.39 is 22.4 Å². The summed E-state index contributed by atoms with van der Waals surface area (Å²) in [7, 11) is 0. The number of nitrogens with one attached hydrogen (secondary N) is 1. The Morgan fingerprint density at radius 1 is 1.28 bits per heavy atom. The van der Waals surface area contributed by atoms with E-state index in [2.05, 4.69) is 10.3 Å². The van der Waals surface area contributed by atoms with Crippen LogP contribution in [0, 0.1) is 5.82 Å². The van der Waals surface area contributed by atoms with Crippen molar-refractivity contribution < 1.29 is 14.0 Å². The van der Waals surface area contributed by atoms with Crippen molar-refractivity contribution >= 4 is 40.8 Å². The Balaban J connectivity index is 1.83. The lowest BCUT2D eigenvalue weighted by atomic mass is 9.94. The van der Waals surface area contributed by atoms with E-state index in [0.29, 0.717) is 23.4 Å². The Kier molecular flexibility index (Phi) is 7.32. The predicted molar refractivity (Wildman–Crippen MR) is 128 cm³/mol. The van der Waals surface area contributed by atoms with Crippen molar-refractivity contribution in [3.63, 3.8) is 0 Å². The van der Waals surface area contributed by atoms with E-state index in [1.165, 1.54) is 17.8 Å². The van der Waals surface area contributed by atoms with Gasteiger partial charge in [0.15, 0.2) is 0 Å². The Bertz CT molecular complexity index is 1080. The van der Waals surface area contributed by atoms with Crippen molar-refractivity contribution in [1.29, 1.82) is 0 Å². The Morgan fingerprint density at radius 3 is 2.69 bits per heavy atom. The molecule has 9 heteroatoms. The fourth-order valence-corrected chi connectivity index (χ4v) is 4.21. The zero-order chi connectivity index (χ0) is 23.3. The van der Waals surface area contributed by atoms with Crippen LogP contribution in [0.4, 0.5) is 15.8 Å². The number of benzene rings is 2. The van der Waals surface area contributed by atoms with Crippen LogP contribution in [0.5, 0.6) is 0 Å². The zero-order valence-corrected chi connectivity index (χ0v) is 18.5. The number of nitrogens with zero attached hydrogens (tertiary/aromatic N) is 1. The minimum absolute atomic E-state index is 0.0371. The first-order valence-electron chi connectivity index (χ1n) is 10.1. The number of nitrogens with two attached hydrogens (primary N) is 3. The molecule has 0 saturated heterocycles. The maximum atomic E-state index is 14.3. The number of allylic oxidation sites excluding steroid dienone is 1. The molecule has 0 aliphatic carbocycles. The third kappa shape index (κ3) is 5.17. The second-order valence-electron chi connectivity index (χ2n) is 7.67. The van der Waals surface area contributed by atoms with Crippen molar-refractivity contribution in [3.8, 4) is 0 Å². The van der Waals surface area contributed by atoms with E-state index in [4.69, 9.17) is 17.2 Å². The number of amides is 2. The third-order valence-electron chi connectivity index (χ3n) is 5.26. The normalized spacial score (nSPS) is 19.0. The van der Waals surface area contributed by atoms with Crippen molar-refractivity contribution in [3.05, 3.63) is 70.9 Å². The number of hydrogen-bond donors (Lipinski definition) is 4. The van der Waals surface area contributed by atoms with Crippen LogP contribution in [0.2, 0.25) is 0 Å². The van der Waals surface area contributed by atoms with Gasteiger partial charge in [0.25, 0.3) is 5.91 Å². The van der Waals surface area contributed by atoms with E-state index >= 15 is 0 Å². The molecule has 2 aromatic carbocycles. The number of anilines is 2. The quantitative estimate of drug-likeness (QED) is 0.288. The molecule has 1 heterocycles. The molecule has 2 amide bonds. The van der Waals surface area contributed by atoms with Crippen LogP contribution >= 0.6 is 11.8 Å². The van der Waals surface area contributed by atoms with E-state index in [1.54, 1.807) is 43.3 Å². The van der Waals surface area contributed by atoms with Crippen LogP contribution < -0.4 is 22.5 Å². The molecule has 2 unspecified atom stereocenters. The van der Waals surface area contributed by atoms with Crippen molar-refractivity contribution in [2.45, 2.75) is 30.4 Å². The van der Waals surface area contributed by atoms with E-state index in [9.17, 15) is 14.0 Å². The fraction of sp³-hybridized carbons (Fsp3) is 0.261. The van der Waals surface area contributed by atoms with Gasteiger partial charge in [-0.2, -0.15) is 4.99 Å². The number of thioether (sulfide) groups is 1. The minimum atomic E-state index is -0.762. The van der Waals surface area contributed by atoms with Gasteiger partial charge in [-0.3, -0.25) is 9.59 Å². The second-order valence-corrected chi connectivity index (χ2v) is 9.08. The maximum absolute atomic E-state index is 14.3. The number of aliphatic imine (C=N–C) groups is 1. The van der Waals surface area contributed by atoms with E-state index in [-0.39, 0.29) is 30.3 Å². The van der Waals surface area contributed by atoms with Crippen molar-refractivity contribution in [2.75, 3.05) is 17.6 Å². The van der Waals surface area contributed by atoms with Crippen LogP contribution in [-0.4, -0.2) is 28.9 Å². The van der Waals surface area contributed by atoms with Crippen LogP contribution in [0.3, 0.4) is 0 Å². The van der Waals surface area contributed by atoms with E-state index in [1.807, 2.05) is 11.5 Å². The summed E-state index contributed by atoms with van der Waals surface area (Å²) in [6, 6.07) is 10.8. The molecular formula is C23H26FN5O2S. The second kappa shape index (κ2) is 9.97. The molecule has 0 radical (unpaired) electrons. The fourth-order valence-electron chi connectivity index (χ4n) is 3.38. The van der Waals surface area contributed by atoms with Gasteiger partial charge in [-0.1, -0.05) is 24.3 Å². The van der Waals surface area contributed by atoms with Gasteiger partial charge in [0.2, 0.25) is 5.91 Å². The van der Waals surface area contributed by atoms with Gasteiger partial charge in [0, 0.05) is 22.5 Å². The van der Waals surface area contributed by atoms with Gasteiger partial charge in [0.05, 0.1) is 5.92 Å².